The van der Waals surface area contributed by atoms with Crippen molar-refractivity contribution in [2.75, 3.05) is 11.9 Å². The van der Waals surface area contributed by atoms with Gasteiger partial charge in [-0.3, -0.25) is 4.79 Å². The minimum absolute atomic E-state index is 0.0361. The molecule has 1 aromatic carbocycles. The number of phenolic OH excluding ortho intramolecular Hbond substituents is 1. The summed E-state index contributed by atoms with van der Waals surface area (Å²) in [5.74, 6) is 0.124. The fourth-order valence-corrected chi connectivity index (χ4v) is 2.54. The fourth-order valence-electron chi connectivity index (χ4n) is 2.54. The second kappa shape index (κ2) is 5.40. The van der Waals surface area contributed by atoms with E-state index < -0.39 is 0 Å². The highest BCUT2D eigenvalue weighted by molar-refractivity contribution is 5.95. The van der Waals surface area contributed by atoms with E-state index in [9.17, 15) is 9.90 Å². The molecule has 0 heterocycles. The topological polar surface area (TPSA) is 66.6 Å². The van der Waals surface area contributed by atoms with Gasteiger partial charge in [0.2, 0.25) is 5.91 Å². The predicted octanol–water partition coefficient (Wildman–Crippen LogP) is 1.87. The van der Waals surface area contributed by atoms with Gasteiger partial charge in [-0.05, 0) is 25.0 Å². The van der Waals surface area contributed by atoms with Crippen LogP contribution in [-0.2, 0) is 4.79 Å². The molecule has 4 heteroatoms. The zero-order valence-electron chi connectivity index (χ0n) is 10.7. The molecule has 2 unspecified atom stereocenters. The first kappa shape index (κ1) is 12.9. The maximum Gasteiger partial charge on any atom is 0.231 e. The van der Waals surface area contributed by atoms with Crippen LogP contribution >= 0.6 is 0 Å². The van der Waals surface area contributed by atoms with Crippen LogP contribution in [0.15, 0.2) is 24.3 Å². The molecule has 2 rings (SSSR count). The lowest BCUT2D eigenvalue weighted by Gasteiger charge is -2.31. The van der Waals surface area contributed by atoms with E-state index >= 15 is 0 Å². The number of nitrogens with two attached hydrogens (primary N) is 1. The van der Waals surface area contributed by atoms with Gasteiger partial charge in [-0.15, -0.1) is 0 Å². The van der Waals surface area contributed by atoms with Gasteiger partial charge < -0.3 is 15.7 Å². The zero-order valence-corrected chi connectivity index (χ0v) is 10.7. The molecule has 0 bridgehead atoms. The van der Waals surface area contributed by atoms with Gasteiger partial charge in [-0.1, -0.05) is 18.9 Å². The Hall–Kier alpha value is -1.55. The van der Waals surface area contributed by atoms with Crippen molar-refractivity contribution in [2.45, 2.75) is 31.7 Å². The molecule has 18 heavy (non-hydrogen) atoms. The monoisotopic (exact) mass is 248 g/mol. The van der Waals surface area contributed by atoms with Crippen molar-refractivity contribution in [1.29, 1.82) is 0 Å². The number of nitrogens with zero attached hydrogens (tertiary/aromatic N) is 1. The lowest BCUT2D eigenvalue weighted by Crippen LogP contribution is -2.44. The summed E-state index contributed by atoms with van der Waals surface area (Å²) in [6.07, 6.45) is 3.96. The Kier molecular flexibility index (Phi) is 3.87. The smallest absolute Gasteiger partial charge is 0.231 e. The van der Waals surface area contributed by atoms with Crippen molar-refractivity contribution in [1.82, 2.24) is 0 Å². The largest absolute Gasteiger partial charge is 0.508 e. The number of aromatic hydroxyl groups is 1. The van der Waals surface area contributed by atoms with E-state index in [4.69, 9.17) is 5.73 Å². The van der Waals surface area contributed by atoms with Crippen molar-refractivity contribution in [2.24, 2.45) is 11.7 Å². The highest BCUT2D eigenvalue weighted by atomic mass is 16.3. The van der Waals surface area contributed by atoms with Crippen molar-refractivity contribution >= 4 is 11.6 Å². The van der Waals surface area contributed by atoms with Crippen LogP contribution in [0.2, 0.25) is 0 Å². The molecule has 1 amide bonds. The Morgan fingerprint density at radius 1 is 1.39 bits per heavy atom. The summed E-state index contributed by atoms with van der Waals surface area (Å²) < 4.78 is 0. The van der Waals surface area contributed by atoms with Gasteiger partial charge in [0.1, 0.15) is 5.75 Å². The third kappa shape index (κ3) is 2.64. The fraction of sp³-hybridized carbons (Fsp3) is 0.500. The number of hydrogen-bond acceptors (Lipinski definition) is 3. The molecule has 1 aliphatic carbocycles. The normalized spacial score (nSPS) is 23.7. The van der Waals surface area contributed by atoms with Gasteiger partial charge >= 0.3 is 0 Å². The maximum absolute atomic E-state index is 12.4. The van der Waals surface area contributed by atoms with E-state index in [0.717, 1.165) is 25.7 Å². The number of rotatable bonds is 2. The van der Waals surface area contributed by atoms with Crippen LogP contribution in [0.4, 0.5) is 5.69 Å². The van der Waals surface area contributed by atoms with Crippen LogP contribution in [0, 0.1) is 5.92 Å². The standard InChI is InChI=1S/C14H20N2O2/c1-16(10-5-4-6-11(17)9-10)14(18)12-7-2-3-8-13(12)15/h4-6,9,12-13,17H,2-3,7-8,15H2,1H3. The first-order chi connectivity index (χ1) is 8.59. The number of carbonyl (C=O) groups is 1. The highest BCUT2D eigenvalue weighted by Crippen LogP contribution is 2.27. The van der Waals surface area contributed by atoms with E-state index in [1.807, 2.05) is 6.07 Å². The lowest BCUT2D eigenvalue weighted by atomic mass is 9.84. The van der Waals surface area contributed by atoms with Gasteiger partial charge in [0, 0.05) is 24.8 Å². The van der Waals surface area contributed by atoms with Gasteiger partial charge in [-0.25, -0.2) is 0 Å². The van der Waals surface area contributed by atoms with Crippen molar-refractivity contribution in [3.05, 3.63) is 24.3 Å². The van der Waals surface area contributed by atoms with Crippen LogP contribution in [0.25, 0.3) is 0 Å². The number of carbonyl (C=O) groups excluding carboxylic acids is 1. The first-order valence-electron chi connectivity index (χ1n) is 6.42. The van der Waals surface area contributed by atoms with Crippen molar-refractivity contribution in [3.8, 4) is 5.75 Å². The SMILES string of the molecule is CN(C(=O)C1CCCCC1N)c1cccc(O)c1. The zero-order chi connectivity index (χ0) is 13.1. The predicted molar refractivity (Wildman–Crippen MR) is 71.5 cm³/mol. The molecule has 0 saturated heterocycles. The molecule has 2 atom stereocenters. The molecular formula is C14H20N2O2. The molecule has 3 N–H and O–H groups in total. The molecule has 0 aliphatic heterocycles. The molecule has 0 radical (unpaired) electrons. The van der Waals surface area contributed by atoms with Gasteiger partial charge in [0.05, 0.1) is 5.92 Å². The Bertz CT molecular complexity index is 434. The second-order valence-corrected chi connectivity index (χ2v) is 4.97. The number of benzene rings is 1. The summed E-state index contributed by atoms with van der Waals surface area (Å²) in [6, 6.07) is 6.69. The molecule has 0 spiro atoms. The Morgan fingerprint density at radius 3 is 2.78 bits per heavy atom. The van der Waals surface area contributed by atoms with E-state index in [-0.39, 0.29) is 23.6 Å². The molecular weight excluding hydrogens is 228 g/mol. The first-order valence-corrected chi connectivity index (χ1v) is 6.42. The van der Waals surface area contributed by atoms with Gasteiger partial charge in [0.15, 0.2) is 0 Å². The van der Waals surface area contributed by atoms with Gasteiger partial charge in [-0.2, -0.15) is 0 Å². The summed E-state index contributed by atoms with van der Waals surface area (Å²) >= 11 is 0. The van der Waals surface area contributed by atoms with E-state index in [1.54, 1.807) is 30.1 Å². The van der Waals surface area contributed by atoms with Crippen LogP contribution in [0.5, 0.6) is 5.75 Å². The minimum atomic E-state index is -0.0916. The summed E-state index contributed by atoms with van der Waals surface area (Å²) in [6.45, 7) is 0. The Labute approximate surface area is 107 Å². The minimum Gasteiger partial charge on any atom is -0.508 e. The molecule has 4 nitrogen and oxygen atoms in total. The summed E-state index contributed by atoms with van der Waals surface area (Å²) in [5, 5.41) is 9.44. The average molecular weight is 248 g/mol. The summed E-state index contributed by atoms with van der Waals surface area (Å²) in [5.41, 5.74) is 6.74. The highest BCUT2D eigenvalue weighted by Gasteiger charge is 2.30. The molecule has 1 fully saturated rings. The van der Waals surface area contributed by atoms with Gasteiger partial charge in [0.25, 0.3) is 0 Å². The molecule has 1 aromatic rings. The number of anilines is 1. The Balaban J connectivity index is 2.13. The quantitative estimate of drug-likeness (QED) is 0.839. The average Bonchev–Trinajstić information content (AvgIpc) is 2.37. The van der Waals surface area contributed by atoms with Crippen LogP contribution in [0.3, 0.4) is 0 Å². The molecule has 98 valence electrons. The lowest BCUT2D eigenvalue weighted by molar-refractivity contribution is -0.123. The number of phenols is 1. The number of amides is 1. The van der Waals surface area contributed by atoms with Crippen molar-refractivity contribution < 1.29 is 9.90 Å². The van der Waals surface area contributed by atoms with E-state index in [1.165, 1.54) is 0 Å². The molecule has 0 aromatic heterocycles. The van der Waals surface area contributed by atoms with E-state index in [2.05, 4.69) is 0 Å². The number of hydrogen-bond donors (Lipinski definition) is 2. The second-order valence-electron chi connectivity index (χ2n) is 4.97. The molecule has 1 aliphatic rings. The Morgan fingerprint density at radius 2 is 2.11 bits per heavy atom. The van der Waals surface area contributed by atoms with E-state index in [0.29, 0.717) is 5.69 Å². The summed E-state index contributed by atoms with van der Waals surface area (Å²) in [4.78, 5) is 14.0. The molecule has 1 saturated carbocycles. The van der Waals surface area contributed by atoms with Crippen molar-refractivity contribution in [3.63, 3.8) is 0 Å². The maximum atomic E-state index is 12.4. The van der Waals surface area contributed by atoms with Crippen LogP contribution in [0.1, 0.15) is 25.7 Å². The third-order valence-corrected chi connectivity index (χ3v) is 3.68. The third-order valence-electron chi connectivity index (χ3n) is 3.68. The van der Waals surface area contributed by atoms with Crippen LogP contribution < -0.4 is 10.6 Å². The van der Waals surface area contributed by atoms with Crippen LogP contribution in [-0.4, -0.2) is 24.1 Å². The summed E-state index contributed by atoms with van der Waals surface area (Å²) in [7, 11) is 1.73.